The molecule has 3 heteroatoms. The number of hydrogen-bond donors (Lipinski definition) is 2. The maximum atomic E-state index is 10.6. The second kappa shape index (κ2) is 4.45. The van der Waals surface area contributed by atoms with Gasteiger partial charge in [-0.05, 0) is 49.4 Å². The molecule has 1 aromatic carbocycles. The molecule has 0 aliphatic rings. The van der Waals surface area contributed by atoms with Gasteiger partial charge in [0.15, 0.2) is 0 Å². The molecule has 0 amide bonds. The van der Waals surface area contributed by atoms with E-state index in [9.17, 15) is 4.79 Å². The Hall–Kier alpha value is -1.35. The minimum Gasteiger partial charge on any atom is -0.480 e. The van der Waals surface area contributed by atoms with Gasteiger partial charge in [-0.25, -0.2) is 0 Å². The van der Waals surface area contributed by atoms with Gasteiger partial charge in [0.2, 0.25) is 0 Å². The summed E-state index contributed by atoms with van der Waals surface area (Å²) in [7, 11) is 0. The van der Waals surface area contributed by atoms with Crippen molar-refractivity contribution in [3.05, 3.63) is 34.4 Å². The fourth-order valence-electron chi connectivity index (χ4n) is 1.56. The molecule has 0 bridgehead atoms. The standard InChI is InChI=1S/C12H17NO2/c1-7-4-5-10(9(3)8(7)2)6-11(13)12(14)15/h4-5,11H,6,13H2,1-3H3,(H,14,15). The lowest BCUT2D eigenvalue weighted by Crippen LogP contribution is -2.32. The Kier molecular flexibility index (Phi) is 3.48. The van der Waals surface area contributed by atoms with E-state index >= 15 is 0 Å². The lowest BCUT2D eigenvalue weighted by molar-refractivity contribution is -0.138. The van der Waals surface area contributed by atoms with Crippen molar-refractivity contribution in [1.29, 1.82) is 0 Å². The number of carboxylic acids is 1. The summed E-state index contributed by atoms with van der Waals surface area (Å²) in [5.41, 5.74) is 10.1. The molecule has 0 aromatic heterocycles. The van der Waals surface area contributed by atoms with Gasteiger partial charge in [-0.2, -0.15) is 0 Å². The van der Waals surface area contributed by atoms with E-state index < -0.39 is 12.0 Å². The summed E-state index contributed by atoms with van der Waals surface area (Å²) in [6.45, 7) is 6.09. The van der Waals surface area contributed by atoms with Crippen LogP contribution in [0.3, 0.4) is 0 Å². The molecule has 0 saturated carbocycles. The van der Waals surface area contributed by atoms with E-state index in [-0.39, 0.29) is 0 Å². The number of aryl methyl sites for hydroxylation is 1. The fourth-order valence-corrected chi connectivity index (χ4v) is 1.56. The summed E-state index contributed by atoms with van der Waals surface area (Å²) in [6, 6.07) is 3.15. The molecule has 82 valence electrons. The van der Waals surface area contributed by atoms with Crippen LogP contribution in [0.5, 0.6) is 0 Å². The van der Waals surface area contributed by atoms with Crippen molar-refractivity contribution < 1.29 is 9.90 Å². The van der Waals surface area contributed by atoms with Crippen LogP contribution in [0.2, 0.25) is 0 Å². The largest absolute Gasteiger partial charge is 0.480 e. The molecule has 0 aliphatic heterocycles. The van der Waals surface area contributed by atoms with Crippen LogP contribution in [-0.4, -0.2) is 17.1 Å². The van der Waals surface area contributed by atoms with Crippen molar-refractivity contribution >= 4 is 5.97 Å². The number of benzene rings is 1. The highest BCUT2D eigenvalue weighted by atomic mass is 16.4. The first-order chi connectivity index (χ1) is 6.93. The quantitative estimate of drug-likeness (QED) is 0.790. The van der Waals surface area contributed by atoms with Crippen molar-refractivity contribution in [2.24, 2.45) is 5.73 Å². The minimum absolute atomic E-state index is 0.391. The predicted molar refractivity (Wildman–Crippen MR) is 60.0 cm³/mol. The van der Waals surface area contributed by atoms with E-state index in [0.29, 0.717) is 6.42 Å². The molecule has 0 saturated heterocycles. The molecule has 1 aromatic rings. The Bertz CT molecular complexity index is 385. The van der Waals surface area contributed by atoms with Crippen LogP contribution < -0.4 is 5.73 Å². The summed E-state index contributed by atoms with van der Waals surface area (Å²) >= 11 is 0. The van der Waals surface area contributed by atoms with Crippen LogP contribution in [0, 0.1) is 20.8 Å². The Balaban J connectivity index is 2.97. The van der Waals surface area contributed by atoms with Gasteiger partial charge in [-0.3, -0.25) is 4.79 Å². The van der Waals surface area contributed by atoms with Crippen molar-refractivity contribution in [2.45, 2.75) is 33.2 Å². The molecule has 3 nitrogen and oxygen atoms in total. The number of carbonyl (C=O) groups is 1. The van der Waals surface area contributed by atoms with Gasteiger partial charge in [0.1, 0.15) is 6.04 Å². The third kappa shape index (κ3) is 2.57. The topological polar surface area (TPSA) is 63.3 Å². The van der Waals surface area contributed by atoms with Crippen LogP contribution >= 0.6 is 0 Å². The molecule has 1 unspecified atom stereocenters. The monoisotopic (exact) mass is 207 g/mol. The van der Waals surface area contributed by atoms with Crippen LogP contribution in [0.25, 0.3) is 0 Å². The summed E-state index contributed by atoms with van der Waals surface area (Å²) in [5.74, 6) is -0.951. The van der Waals surface area contributed by atoms with E-state index in [1.807, 2.05) is 32.9 Å². The van der Waals surface area contributed by atoms with Crippen molar-refractivity contribution in [3.63, 3.8) is 0 Å². The van der Waals surface area contributed by atoms with Gasteiger partial charge in [0.25, 0.3) is 0 Å². The lowest BCUT2D eigenvalue weighted by atomic mass is 9.95. The van der Waals surface area contributed by atoms with Crippen molar-refractivity contribution in [2.75, 3.05) is 0 Å². The first-order valence-corrected chi connectivity index (χ1v) is 4.97. The van der Waals surface area contributed by atoms with Crippen molar-refractivity contribution in [1.82, 2.24) is 0 Å². The Morgan fingerprint density at radius 1 is 1.33 bits per heavy atom. The smallest absolute Gasteiger partial charge is 0.320 e. The molecule has 15 heavy (non-hydrogen) atoms. The summed E-state index contributed by atoms with van der Waals surface area (Å²) in [5, 5.41) is 8.73. The predicted octanol–water partition coefficient (Wildman–Crippen LogP) is 1.57. The summed E-state index contributed by atoms with van der Waals surface area (Å²) < 4.78 is 0. The molecular weight excluding hydrogens is 190 g/mol. The van der Waals surface area contributed by atoms with E-state index in [1.54, 1.807) is 0 Å². The van der Waals surface area contributed by atoms with Gasteiger partial charge in [-0.15, -0.1) is 0 Å². The lowest BCUT2D eigenvalue weighted by Gasteiger charge is -2.13. The summed E-state index contributed by atoms with van der Waals surface area (Å²) in [6.07, 6.45) is 0.391. The highest BCUT2D eigenvalue weighted by molar-refractivity contribution is 5.73. The highest BCUT2D eigenvalue weighted by Crippen LogP contribution is 2.18. The molecular formula is C12H17NO2. The molecule has 1 rings (SSSR count). The maximum Gasteiger partial charge on any atom is 0.320 e. The third-order valence-electron chi connectivity index (χ3n) is 2.93. The average molecular weight is 207 g/mol. The van der Waals surface area contributed by atoms with E-state index in [1.165, 1.54) is 11.1 Å². The molecule has 0 spiro atoms. The Labute approximate surface area is 89.9 Å². The highest BCUT2D eigenvalue weighted by Gasteiger charge is 2.14. The van der Waals surface area contributed by atoms with E-state index in [0.717, 1.165) is 11.1 Å². The normalized spacial score (nSPS) is 12.5. The Morgan fingerprint density at radius 2 is 1.93 bits per heavy atom. The first kappa shape index (κ1) is 11.7. The second-order valence-corrected chi connectivity index (χ2v) is 3.94. The molecule has 1 atom stereocenters. The first-order valence-electron chi connectivity index (χ1n) is 4.97. The second-order valence-electron chi connectivity index (χ2n) is 3.94. The zero-order valence-electron chi connectivity index (χ0n) is 9.37. The molecule has 3 N–H and O–H groups in total. The van der Waals surface area contributed by atoms with Crippen LogP contribution in [-0.2, 0) is 11.2 Å². The van der Waals surface area contributed by atoms with Gasteiger partial charge in [0.05, 0.1) is 0 Å². The third-order valence-corrected chi connectivity index (χ3v) is 2.93. The zero-order chi connectivity index (χ0) is 11.6. The molecule has 0 heterocycles. The summed E-state index contributed by atoms with van der Waals surface area (Å²) in [4.78, 5) is 10.6. The number of carboxylic acid groups (broad SMARTS) is 1. The van der Waals surface area contributed by atoms with Gasteiger partial charge < -0.3 is 10.8 Å². The van der Waals surface area contributed by atoms with Gasteiger partial charge in [0, 0.05) is 0 Å². The van der Waals surface area contributed by atoms with Crippen LogP contribution in [0.15, 0.2) is 12.1 Å². The minimum atomic E-state index is -0.951. The SMILES string of the molecule is Cc1ccc(CC(N)C(=O)O)c(C)c1C. The Morgan fingerprint density at radius 3 is 2.47 bits per heavy atom. The van der Waals surface area contributed by atoms with Crippen LogP contribution in [0.1, 0.15) is 22.3 Å². The molecule has 0 aliphatic carbocycles. The van der Waals surface area contributed by atoms with Crippen molar-refractivity contribution in [3.8, 4) is 0 Å². The van der Waals surface area contributed by atoms with Gasteiger partial charge >= 0.3 is 5.97 Å². The number of rotatable bonds is 3. The number of aliphatic carboxylic acids is 1. The molecule has 0 fully saturated rings. The maximum absolute atomic E-state index is 10.6. The number of hydrogen-bond acceptors (Lipinski definition) is 2. The fraction of sp³-hybridized carbons (Fsp3) is 0.417. The van der Waals surface area contributed by atoms with E-state index in [4.69, 9.17) is 10.8 Å². The zero-order valence-corrected chi connectivity index (χ0v) is 9.37. The average Bonchev–Trinajstić information content (AvgIpc) is 2.18. The van der Waals surface area contributed by atoms with E-state index in [2.05, 4.69) is 0 Å². The van der Waals surface area contributed by atoms with Gasteiger partial charge in [-0.1, -0.05) is 12.1 Å². The van der Waals surface area contributed by atoms with Crippen LogP contribution in [0.4, 0.5) is 0 Å². The molecule has 0 radical (unpaired) electrons. The number of nitrogens with two attached hydrogens (primary N) is 1.